The maximum Gasteiger partial charge on any atom is 0.227 e. The molecule has 0 aromatic carbocycles. The zero-order chi connectivity index (χ0) is 16.9. The first-order chi connectivity index (χ1) is 12.2. The first-order valence-electron chi connectivity index (χ1n) is 9.23. The van der Waals surface area contributed by atoms with Crippen LogP contribution in [-0.4, -0.2) is 38.6 Å². The van der Waals surface area contributed by atoms with Gasteiger partial charge in [0.1, 0.15) is 5.82 Å². The van der Waals surface area contributed by atoms with Crippen LogP contribution in [0.2, 0.25) is 0 Å². The van der Waals surface area contributed by atoms with Crippen LogP contribution in [0.4, 0.5) is 17.6 Å². The molecule has 0 spiro atoms. The molecule has 4 fully saturated rings. The second kappa shape index (κ2) is 5.87. The van der Waals surface area contributed by atoms with Gasteiger partial charge in [-0.2, -0.15) is 10.1 Å². The molecule has 4 heterocycles. The van der Waals surface area contributed by atoms with E-state index < -0.39 is 0 Å². The number of aromatic nitrogens is 4. The van der Waals surface area contributed by atoms with Gasteiger partial charge < -0.3 is 10.2 Å². The Morgan fingerprint density at radius 2 is 2.12 bits per heavy atom. The lowest BCUT2D eigenvalue weighted by molar-refractivity contribution is 0.234. The summed E-state index contributed by atoms with van der Waals surface area (Å²) in [5, 5.41) is 10.9. The van der Waals surface area contributed by atoms with Crippen molar-refractivity contribution in [2.75, 3.05) is 22.6 Å². The molecule has 0 radical (unpaired) electrons. The van der Waals surface area contributed by atoms with Crippen LogP contribution < -0.4 is 10.2 Å². The summed E-state index contributed by atoms with van der Waals surface area (Å²) in [4.78, 5) is 11.5. The third-order valence-corrected chi connectivity index (χ3v) is 6.68. The Morgan fingerprint density at radius 3 is 2.88 bits per heavy atom. The highest BCUT2D eigenvalue weighted by Crippen LogP contribution is 2.53. The predicted octanol–water partition coefficient (Wildman–Crippen LogP) is 3.81. The zero-order valence-electron chi connectivity index (χ0n) is 14.2. The first-order valence-corrected chi connectivity index (χ1v) is 9.76. The lowest BCUT2D eigenvalue weighted by Gasteiger charge is -2.34. The second-order valence-corrected chi connectivity index (χ2v) is 8.15. The molecule has 7 heteroatoms. The minimum atomic E-state index is 0.289. The van der Waals surface area contributed by atoms with Gasteiger partial charge in [-0.05, 0) is 31.7 Å². The Morgan fingerprint density at radius 1 is 1.28 bits per heavy atom. The Kier molecular flexibility index (Phi) is 3.62. The van der Waals surface area contributed by atoms with Crippen LogP contribution >= 0.6 is 11.6 Å². The summed E-state index contributed by atoms with van der Waals surface area (Å²) >= 11 is 6.14. The number of alkyl halides is 1. The third-order valence-electron chi connectivity index (χ3n) is 6.12. The van der Waals surface area contributed by atoms with Crippen LogP contribution in [0.3, 0.4) is 0 Å². The van der Waals surface area contributed by atoms with Crippen molar-refractivity contribution in [3.8, 4) is 0 Å². The van der Waals surface area contributed by atoms with Gasteiger partial charge in [0.25, 0.3) is 0 Å². The van der Waals surface area contributed by atoms with Gasteiger partial charge in [-0.25, -0.2) is 4.98 Å². The van der Waals surface area contributed by atoms with Crippen molar-refractivity contribution in [1.29, 1.82) is 0 Å². The molecule has 25 heavy (non-hydrogen) atoms. The number of aromatic amines is 1. The first kappa shape index (κ1) is 15.4. The van der Waals surface area contributed by atoms with Crippen molar-refractivity contribution >= 4 is 29.2 Å². The van der Waals surface area contributed by atoms with E-state index in [1.54, 1.807) is 0 Å². The lowest BCUT2D eigenvalue weighted by Crippen LogP contribution is -2.36. The normalized spacial score (nSPS) is 28.4. The molecule has 2 saturated heterocycles. The van der Waals surface area contributed by atoms with E-state index in [2.05, 4.69) is 31.5 Å². The standard InChI is InChI=1S/C18H23ClN6/c19-10-18-8-13(9-18)25(11-18)17-20-6-5-15(22-17)21-16-7-14(23-24-16)12-3-1-2-4-12/h5-7,12-13H,1-4,8-11H2,(H2,20,21,22,23,24). The van der Waals surface area contributed by atoms with E-state index in [0.717, 1.165) is 30.0 Å². The minimum absolute atomic E-state index is 0.289. The van der Waals surface area contributed by atoms with Crippen LogP contribution in [0.25, 0.3) is 0 Å². The van der Waals surface area contributed by atoms with Crippen molar-refractivity contribution in [3.63, 3.8) is 0 Å². The van der Waals surface area contributed by atoms with E-state index in [9.17, 15) is 0 Å². The molecule has 132 valence electrons. The molecule has 2 aliphatic carbocycles. The molecular formula is C18H23ClN6. The highest BCUT2D eigenvalue weighted by Gasteiger charge is 2.55. The monoisotopic (exact) mass is 358 g/mol. The van der Waals surface area contributed by atoms with Crippen molar-refractivity contribution in [2.24, 2.45) is 5.41 Å². The van der Waals surface area contributed by atoms with E-state index in [4.69, 9.17) is 16.6 Å². The quantitative estimate of drug-likeness (QED) is 0.795. The Bertz CT molecular complexity index is 762. The number of halogens is 1. The summed E-state index contributed by atoms with van der Waals surface area (Å²) in [5.74, 6) is 3.78. The fourth-order valence-corrected chi connectivity index (χ4v) is 5.00. The van der Waals surface area contributed by atoms with Gasteiger partial charge in [0.05, 0.1) is 0 Å². The van der Waals surface area contributed by atoms with Crippen LogP contribution in [0.5, 0.6) is 0 Å². The average Bonchev–Trinajstić information content (AvgIpc) is 3.36. The number of rotatable bonds is 5. The number of anilines is 3. The molecule has 4 aliphatic rings. The van der Waals surface area contributed by atoms with Crippen LogP contribution in [0.15, 0.2) is 18.3 Å². The van der Waals surface area contributed by atoms with Crippen LogP contribution in [0.1, 0.15) is 50.1 Å². The van der Waals surface area contributed by atoms with Crippen LogP contribution in [-0.2, 0) is 0 Å². The Labute approximate surface area is 152 Å². The molecule has 6 rings (SSSR count). The lowest BCUT2D eigenvalue weighted by atomic mass is 9.72. The SMILES string of the molecule is ClCC12CC(C1)N(c1nccc(Nc3cc(C4CCCC4)[nH]n3)n1)C2. The second-order valence-electron chi connectivity index (χ2n) is 7.88. The van der Waals surface area contributed by atoms with E-state index >= 15 is 0 Å². The Balaban J connectivity index is 1.31. The minimum Gasteiger partial charge on any atom is -0.337 e. The molecule has 0 atom stereocenters. The molecule has 2 bridgehead atoms. The maximum absolute atomic E-state index is 6.14. The predicted molar refractivity (Wildman–Crippen MR) is 98.6 cm³/mol. The van der Waals surface area contributed by atoms with E-state index in [1.165, 1.54) is 44.2 Å². The molecule has 0 unspecified atom stereocenters. The summed E-state index contributed by atoms with van der Waals surface area (Å²) in [6, 6.07) is 4.56. The average molecular weight is 359 g/mol. The van der Waals surface area contributed by atoms with Gasteiger partial charge in [-0.1, -0.05) is 12.8 Å². The van der Waals surface area contributed by atoms with E-state index in [0.29, 0.717) is 12.0 Å². The van der Waals surface area contributed by atoms with Crippen molar-refractivity contribution in [1.82, 2.24) is 20.2 Å². The molecule has 2 aromatic heterocycles. The fourth-order valence-electron chi connectivity index (χ4n) is 4.70. The number of fused-ring (bicyclic) bond motifs is 1. The molecule has 2 aliphatic heterocycles. The van der Waals surface area contributed by atoms with Gasteiger partial charge in [-0.15, -0.1) is 11.6 Å². The molecule has 2 N–H and O–H groups in total. The number of hydrogen-bond donors (Lipinski definition) is 2. The van der Waals surface area contributed by atoms with E-state index in [-0.39, 0.29) is 5.41 Å². The van der Waals surface area contributed by atoms with Crippen LogP contribution in [0, 0.1) is 5.41 Å². The van der Waals surface area contributed by atoms with Gasteiger partial charge in [0.15, 0.2) is 5.82 Å². The number of nitrogens with zero attached hydrogens (tertiary/aromatic N) is 4. The summed E-state index contributed by atoms with van der Waals surface area (Å²) in [6.45, 7) is 0.971. The Hall–Kier alpha value is -1.82. The van der Waals surface area contributed by atoms with Gasteiger partial charge in [0.2, 0.25) is 5.95 Å². The maximum atomic E-state index is 6.14. The van der Waals surface area contributed by atoms with E-state index in [1.807, 2.05) is 12.3 Å². The zero-order valence-corrected chi connectivity index (χ0v) is 15.0. The molecule has 0 amide bonds. The van der Waals surface area contributed by atoms with Crippen molar-refractivity contribution < 1.29 is 0 Å². The molecule has 2 saturated carbocycles. The molecular weight excluding hydrogens is 336 g/mol. The van der Waals surface area contributed by atoms with Crippen molar-refractivity contribution in [2.45, 2.75) is 50.5 Å². The summed E-state index contributed by atoms with van der Waals surface area (Å²) in [5.41, 5.74) is 1.52. The topological polar surface area (TPSA) is 69.7 Å². The van der Waals surface area contributed by atoms with Gasteiger partial charge in [0, 0.05) is 47.8 Å². The van der Waals surface area contributed by atoms with Crippen molar-refractivity contribution in [3.05, 3.63) is 24.0 Å². The highest BCUT2D eigenvalue weighted by atomic mass is 35.5. The summed E-state index contributed by atoms with van der Waals surface area (Å²) in [6.07, 6.45) is 9.32. The van der Waals surface area contributed by atoms with Gasteiger partial charge in [-0.3, -0.25) is 5.10 Å². The smallest absolute Gasteiger partial charge is 0.227 e. The number of nitrogens with one attached hydrogen (secondary N) is 2. The summed E-state index contributed by atoms with van der Waals surface area (Å²) in [7, 11) is 0. The van der Waals surface area contributed by atoms with Gasteiger partial charge >= 0.3 is 0 Å². The highest BCUT2D eigenvalue weighted by molar-refractivity contribution is 6.18. The fraction of sp³-hybridized carbons (Fsp3) is 0.611. The molecule has 6 nitrogen and oxygen atoms in total. The largest absolute Gasteiger partial charge is 0.337 e. The summed E-state index contributed by atoms with van der Waals surface area (Å²) < 4.78 is 0. The number of H-pyrrole nitrogens is 1. The number of hydrogen-bond acceptors (Lipinski definition) is 5. The molecule has 2 aromatic rings. The third kappa shape index (κ3) is 2.67.